The molecule has 0 saturated heterocycles. The molecule has 7 nitrogen and oxygen atoms in total. The molecule has 2 rings (SSSR count). The summed E-state index contributed by atoms with van der Waals surface area (Å²) < 4.78 is 11.4. The van der Waals surface area contributed by atoms with Gasteiger partial charge in [-0.1, -0.05) is 44.1 Å². The van der Waals surface area contributed by atoms with Gasteiger partial charge in [0.2, 0.25) is 5.89 Å². The number of aliphatic imine (C=N–C) groups is 1. The molecule has 0 unspecified atom stereocenters. The molecule has 0 atom stereocenters. The molecule has 7 heteroatoms. The van der Waals surface area contributed by atoms with Gasteiger partial charge in [0.25, 0.3) is 0 Å². The van der Waals surface area contributed by atoms with Crippen molar-refractivity contribution in [2.45, 2.75) is 72.6 Å². The van der Waals surface area contributed by atoms with Gasteiger partial charge in [0.15, 0.2) is 11.8 Å². The summed E-state index contributed by atoms with van der Waals surface area (Å²) in [6.07, 6.45) is 0. The number of benzene rings is 1. The first-order valence-corrected chi connectivity index (χ1v) is 9.70. The van der Waals surface area contributed by atoms with E-state index in [1.807, 2.05) is 72.7 Å². The van der Waals surface area contributed by atoms with Gasteiger partial charge in [0.05, 0.1) is 13.1 Å². The first-order chi connectivity index (χ1) is 13.1. The van der Waals surface area contributed by atoms with E-state index in [4.69, 9.17) is 9.26 Å². The molecular formula is C21H33N5O2. The topological polar surface area (TPSA) is 84.6 Å². The molecule has 0 fully saturated rings. The number of nitrogens with one attached hydrogen (secondary N) is 2. The number of hydrogen-bond donors (Lipinski definition) is 2. The molecule has 0 aliphatic carbocycles. The molecule has 0 aliphatic rings. The molecule has 2 aromatic rings. The minimum Gasteiger partial charge on any atom is -0.488 e. The molecule has 1 heterocycles. The molecule has 0 amide bonds. The summed E-state index contributed by atoms with van der Waals surface area (Å²) in [5.74, 6) is 2.77. The second-order valence-corrected chi connectivity index (χ2v) is 8.64. The zero-order valence-electron chi connectivity index (χ0n) is 18.1. The summed E-state index contributed by atoms with van der Waals surface area (Å²) >= 11 is 0. The fourth-order valence-corrected chi connectivity index (χ4v) is 2.36. The van der Waals surface area contributed by atoms with Crippen LogP contribution in [0.4, 0.5) is 0 Å². The van der Waals surface area contributed by atoms with Crippen molar-refractivity contribution in [1.29, 1.82) is 0 Å². The van der Waals surface area contributed by atoms with E-state index in [9.17, 15) is 0 Å². The van der Waals surface area contributed by atoms with E-state index in [1.165, 1.54) is 0 Å². The highest BCUT2D eigenvalue weighted by molar-refractivity contribution is 5.79. The SMILES string of the molecule is CCNC(=NCc1ccccc1OC(C)(C)C)NCc1noc(C(C)(C)C)n1. The lowest BCUT2D eigenvalue weighted by Crippen LogP contribution is -2.37. The van der Waals surface area contributed by atoms with Crippen molar-refractivity contribution >= 4 is 5.96 Å². The van der Waals surface area contributed by atoms with Gasteiger partial charge in [-0.2, -0.15) is 4.98 Å². The van der Waals surface area contributed by atoms with Crippen LogP contribution in [-0.2, 0) is 18.5 Å². The van der Waals surface area contributed by atoms with E-state index in [0.717, 1.165) is 17.9 Å². The van der Waals surface area contributed by atoms with Gasteiger partial charge in [-0.15, -0.1) is 0 Å². The normalized spacial score (nSPS) is 12.8. The second-order valence-electron chi connectivity index (χ2n) is 8.64. The number of ether oxygens (including phenoxy) is 1. The van der Waals surface area contributed by atoms with Gasteiger partial charge in [-0.05, 0) is 33.8 Å². The van der Waals surface area contributed by atoms with Gasteiger partial charge < -0.3 is 19.9 Å². The first kappa shape index (κ1) is 21.7. The van der Waals surface area contributed by atoms with Crippen molar-refractivity contribution in [3.63, 3.8) is 0 Å². The molecule has 154 valence electrons. The third kappa shape index (κ3) is 6.87. The van der Waals surface area contributed by atoms with Crippen LogP contribution in [0.5, 0.6) is 5.75 Å². The average molecular weight is 388 g/mol. The lowest BCUT2D eigenvalue weighted by Gasteiger charge is -2.23. The van der Waals surface area contributed by atoms with E-state index in [0.29, 0.717) is 30.8 Å². The van der Waals surface area contributed by atoms with Crippen molar-refractivity contribution in [2.75, 3.05) is 6.54 Å². The molecular weight excluding hydrogens is 354 g/mol. The monoisotopic (exact) mass is 387 g/mol. The number of hydrogen-bond acceptors (Lipinski definition) is 5. The van der Waals surface area contributed by atoms with Crippen molar-refractivity contribution in [1.82, 2.24) is 20.8 Å². The highest BCUT2D eigenvalue weighted by Gasteiger charge is 2.21. The maximum absolute atomic E-state index is 6.05. The Bertz CT molecular complexity index is 785. The van der Waals surface area contributed by atoms with E-state index in [2.05, 4.69) is 25.8 Å². The van der Waals surface area contributed by atoms with Gasteiger partial charge in [-0.3, -0.25) is 0 Å². The standard InChI is InChI=1S/C21H33N5O2/c1-8-22-19(24-14-17-25-18(28-26-17)20(2,3)4)23-13-15-11-9-10-12-16(15)27-21(5,6)7/h9-12H,8,13-14H2,1-7H3,(H2,22,23,24). The van der Waals surface area contributed by atoms with Gasteiger partial charge >= 0.3 is 0 Å². The minimum atomic E-state index is -0.258. The zero-order valence-corrected chi connectivity index (χ0v) is 18.1. The average Bonchev–Trinajstić information content (AvgIpc) is 3.06. The van der Waals surface area contributed by atoms with Crippen LogP contribution in [0.3, 0.4) is 0 Å². The highest BCUT2D eigenvalue weighted by Crippen LogP contribution is 2.23. The van der Waals surface area contributed by atoms with Crippen LogP contribution in [-0.4, -0.2) is 28.2 Å². The number of nitrogens with zero attached hydrogens (tertiary/aromatic N) is 3. The van der Waals surface area contributed by atoms with Crippen LogP contribution < -0.4 is 15.4 Å². The van der Waals surface area contributed by atoms with Crippen molar-refractivity contribution < 1.29 is 9.26 Å². The maximum Gasteiger partial charge on any atom is 0.232 e. The minimum absolute atomic E-state index is 0.166. The van der Waals surface area contributed by atoms with E-state index in [-0.39, 0.29) is 11.0 Å². The lowest BCUT2D eigenvalue weighted by atomic mass is 9.97. The quantitative estimate of drug-likeness (QED) is 0.579. The summed E-state index contributed by atoms with van der Waals surface area (Å²) in [4.78, 5) is 9.12. The molecule has 0 aliphatic heterocycles. The van der Waals surface area contributed by atoms with Crippen LogP contribution in [0.2, 0.25) is 0 Å². The zero-order chi connectivity index (χ0) is 20.8. The summed E-state index contributed by atoms with van der Waals surface area (Å²) in [7, 11) is 0. The second kappa shape index (κ2) is 9.08. The predicted molar refractivity (Wildman–Crippen MR) is 111 cm³/mol. The summed E-state index contributed by atoms with van der Waals surface area (Å²) in [5.41, 5.74) is 0.608. The fourth-order valence-electron chi connectivity index (χ4n) is 2.36. The number of guanidine groups is 1. The summed E-state index contributed by atoms with van der Waals surface area (Å²) in [6.45, 7) is 16.0. The molecule has 1 aromatic heterocycles. The van der Waals surface area contributed by atoms with Gasteiger partial charge in [0, 0.05) is 17.5 Å². The van der Waals surface area contributed by atoms with Crippen LogP contribution >= 0.6 is 0 Å². The molecule has 28 heavy (non-hydrogen) atoms. The Kier molecular flexibility index (Phi) is 7.05. The van der Waals surface area contributed by atoms with Crippen molar-refractivity contribution in [2.24, 2.45) is 4.99 Å². The molecule has 0 spiro atoms. The van der Waals surface area contributed by atoms with Crippen molar-refractivity contribution in [3.8, 4) is 5.75 Å². The Morgan fingerprint density at radius 2 is 1.82 bits per heavy atom. The van der Waals surface area contributed by atoms with Crippen LogP contribution in [0.1, 0.15) is 65.7 Å². The number of aromatic nitrogens is 2. The number of rotatable bonds is 6. The maximum atomic E-state index is 6.05. The Balaban J connectivity index is 2.06. The summed E-state index contributed by atoms with van der Waals surface area (Å²) in [5, 5.41) is 10.5. The molecule has 0 radical (unpaired) electrons. The Hall–Kier alpha value is -2.57. The Labute approximate surface area is 168 Å². The van der Waals surface area contributed by atoms with Crippen LogP contribution in [0.25, 0.3) is 0 Å². The predicted octanol–water partition coefficient (Wildman–Crippen LogP) is 3.80. The molecule has 2 N–H and O–H groups in total. The fraction of sp³-hybridized carbons (Fsp3) is 0.571. The highest BCUT2D eigenvalue weighted by atomic mass is 16.5. The van der Waals surface area contributed by atoms with E-state index in [1.54, 1.807) is 0 Å². The third-order valence-corrected chi connectivity index (χ3v) is 3.66. The molecule has 0 bridgehead atoms. The van der Waals surface area contributed by atoms with Crippen molar-refractivity contribution in [3.05, 3.63) is 41.5 Å². The Morgan fingerprint density at radius 1 is 1.11 bits per heavy atom. The van der Waals surface area contributed by atoms with Crippen LogP contribution in [0, 0.1) is 0 Å². The first-order valence-electron chi connectivity index (χ1n) is 9.70. The molecule has 0 saturated carbocycles. The summed E-state index contributed by atoms with van der Waals surface area (Å²) in [6, 6.07) is 7.97. The Morgan fingerprint density at radius 3 is 2.43 bits per heavy atom. The molecule has 1 aromatic carbocycles. The van der Waals surface area contributed by atoms with E-state index >= 15 is 0 Å². The third-order valence-electron chi connectivity index (χ3n) is 3.66. The lowest BCUT2D eigenvalue weighted by molar-refractivity contribution is 0.129. The van der Waals surface area contributed by atoms with E-state index < -0.39 is 0 Å². The van der Waals surface area contributed by atoms with Gasteiger partial charge in [0.1, 0.15) is 11.4 Å². The van der Waals surface area contributed by atoms with Crippen LogP contribution in [0.15, 0.2) is 33.8 Å². The van der Waals surface area contributed by atoms with Gasteiger partial charge in [-0.25, -0.2) is 4.99 Å². The smallest absolute Gasteiger partial charge is 0.232 e. The largest absolute Gasteiger partial charge is 0.488 e. The number of para-hydroxylation sites is 1.